The van der Waals surface area contributed by atoms with Gasteiger partial charge in [-0.2, -0.15) is 0 Å². The predicted octanol–water partition coefficient (Wildman–Crippen LogP) is 2.25. The van der Waals surface area contributed by atoms with Gasteiger partial charge in [0.2, 0.25) is 11.8 Å². The molecular formula is C24H32N4O3. The third-order valence-corrected chi connectivity index (χ3v) is 5.49. The van der Waals surface area contributed by atoms with Crippen molar-refractivity contribution < 1.29 is 14.0 Å². The Kier molecular flexibility index (Phi) is 8.87. The number of carbonyl (C=O) groups is 2. The van der Waals surface area contributed by atoms with Gasteiger partial charge in [-0.25, -0.2) is 0 Å². The van der Waals surface area contributed by atoms with E-state index in [0.717, 1.165) is 44.8 Å². The number of carbonyl (C=O) groups excluding carboxylic acids is 2. The van der Waals surface area contributed by atoms with Crippen molar-refractivity contribution in [2.75, 3.05) is 39.3 Å². The molecule has 1 aliphatic heterocycles. The minimum absolute atomic E-state index is 0.0818. The van der Waals surface area contributed by atoms with Crippen molar-refractivity contribution >= 4 is 17.9 Å². The monoisotopic (exact) mass is 424 g/mol. The Balaban J connectivity index is 1.38. The number of likely N-dealkylation sites (N-methyl/N-ethyl adjacent to an activating group) is 1. The van der Waals surface area contributed by atoms with Crippen LogP contribution in [-0.2, 0) is 22.7 Å². The lowest BCUT2D eigenvalue weighted by atomic mass is 10.1. The highest BCUT2D eigenvalue weighted by molar-refractivity contribution is 5.91. The summed E-state index contributed by atoms with van der Waals surface area (Å²) in [6.45, 7) is 9.36. The van der Waals surface area contributed by atoms with Gasteiger partial charge in [0.05, 0.1) is 6.26 Å². The van der Waals surface area contributed by atoms with E-state index in [4.69, 9.17) is 4.42 Å². The van der Waals surface area contributed by atoms with Crippen LogP contribution in [0.5, 0.6) is 0 Å². The van der Waals surface area contributed by atoms with E-state index in [9.17, 15) is 9.59 Å². The smallest absolute Gasteiger partial charge is 0.244 e. The lowest BCUT2D eigenvalue weighted by molar-refractivity contribution is -0.121. The molecule has 2 N–H and O–H groups in total. The standard InChI is InChI=1S/C24H32N4O3/c1-2-27-13-15-28(16-14-27)19-21-7-4-3-6-20(21)18-26-24(30)11-12-25-23(29)10-9-22-8-5-17-31-22/h3-10,17H,2,11-16,18-19H2,1H3,(H,25,29)(H,26,30)/b10-9+. The second kappa shape index (κ2) is 12.1. The zero-order valence-electron chi connectivity index (χ0n) is 18.2. The number of nitrogens with one attached hydrogen (secondary N) is 2. The molecule has 1 saturated heterocycles. The fourth-order valence-electron chi connectivity index (χ4n) is 3.57. The van der Waals surface area contributed by atoms with Crippen LogP contribution in [0.1, 0.15) is 30.2 Å². The van der Waals surface area contributed by atoms with Crippen molar-refractivity contribution in [1.82, 2.24) is 20.4 Å². The van der Waals surface area contributed by atoms with E-state index in [2.05, 4.69) is 45.6 Å². The highest BCUT2D eigenvalue weighted by Gasteiger charge is 2.16. The average Bonchev–Trinajstić information content (AvgIpc) is 3.31. The quantitative estimate of drug-likeness (QED) is 0.572. The van der Waals surface area contributed by atoms with Crippen molar-refractivity contribution in [3.8, 4) is 0 Å². The van der Waals surface area contributed by atoms with Gasteiger partial charge in [-0.15, -0.1) is 0 Å². The number of hydrogen-bond donors (Lipinski definition) is 2. The fourth-order valence-corrected chi connectivity index (χ4v) is 3.57. The Morgan fingerprint density at radius 2 is 1.74 bits per heavy atom. The third kappa shape index (κ3) is 7.70. The van der Waals surface area contributed by atoms with E-state index < -0.39 is 0 Å². The maximum Gasteiger partial charge on any atom is 0.244 e. The van der Waals surface area contributed by atoms with Crippen LogP contribution in [0.2, 0.25) is 0 Å². The first-order valence-electron chi connectivity index (χ1n) is 10.9. The number of piperazine rings is 1. The lowest BCUT2D eigenvalue weighted by Gasteiger charge is -2.34. The number of benzene rings is 1. The van der Waals surface area contributed by atoms with Gasteiger partial charge in [0, 0.05) is 58.3 Å². The van der Waals surface area contributed by atoms with Gasteiger partial charge < -0.3 is 20.0 Å². The number of amides is 2. The maximum atomic E-state index is 12.2. The van der Waals surface area contributed by atoms with Crippen molar-refractivity contribution in [2.24, 2.45) is 0 Å². The summed E-state index contributed by atoms with van der Waals surface area (Å²) >= 11 is 0. The molecule has 0 radical (unpaired) electrons. The van der Waals surface area contributed by atoms with E-state index in [1.54, 1.807) is 24.5 Å². The summed E-state index contributed by atoms with van der Waals surface area (Å²) in [6.07, 6.45) is 4.77. The summed E-state index contributed by atoms with van der Waals surface area (Å²) < 4.78 is 5.13. The molecule has 3 rings (SSSR count). The Labute approximate surface area is 184 Å². The summed E-state index contributed by atoms with van der Waals surface area (Å²) in [5.74, 6) is 0.276. The largest absolute Gasteiger partial charge is 0.465 e. The molecule has 1 fully saturated rings. The molecule has 7 heteroatoms. The van der Waals surface area contributed by atoms with Gasteiger partial charge in [0.15, 0.2) is 0 Å². The summed E-state index contributed by atoms with van der Waals surface area (Å²) in [5, 5.41) is 5.68. The highest BCUT2D eigenvalue weighted by atomic mass is 16.3. The van der Waals surface area contributed by atoms with Crippen molar-refractivity contribution in [3.63, 3.8) is 0 Å². The van der Waals surface area contributed by atoms with E-state index in [1.165, 1.54) is 11.6 Å². The lowest BCUT2D eigenvalue weighted by Crippen LogP contribution is -2.45. The molecule has 2 aromatic rings. The van der Waals surface area contributed by atoms with Crippen LogP contribution in [0.25, 0.3) is 6.08 Å². The van der Waals surface area contributed by atoms with Gasteiger partial charge >= 0.3 is 0 Å². The van der Waals surface area contributed by atoms with Crippen LogP contribution in [0.4, 0.5) is 0 Å². The predicted molar refractivity (Wildman–Crippen MR) is 121 cm³/mol. The minimum Gasteiger partial charge on any atom is -0.465 e. The molecule has 7 nitrogen and oxygen atoms in total. The average molecular weight is 425 g/mol. The minimum atomic E-state index is -0.252. The molecule has 0 aliphatic carbocycles. The summed E-state index contributed by atoms with van der Waals surface area (Å²) in [4.78, 5) is 28.9. The first kappa shape index (κ1) is 22.8. The zero-order valence-corrected chi connectivity index (χ0v) is 18.2. The topological polar surface area (TPSA) is 77.8 Å². The first-order chi connectivity index (χ1) is 15.1. The third-order valence-electron chi connectivity index (χ3n) is 5.49. The second-order valence-corrected chi connectivity index (χ2v) is 7.65. The molecule has 0 bridgehead atoms. The first-order valence-corrected chi connectivity index (χ1v) is 10.9. The SMILES string of the molecule is CCN1CCN(Cc2ccccc2CNC(=O)CCNC(=O)/C=C/c2ccco2)CC1. The molecular weight excluding hydrogens is 392 g/mol. The van der Waals surface area contributed by atoms with Gasteiger partial charge in [-0.1, -0.05) is 31.2 Å². The van der Waals surface area contributed by atoms with Gasteiger partial charge in [0.25, 0.3) is 0 Å². The second-order valence-electron chi connectivity index (χ2n) is 7.65. The van der Waals surface area contributed by atoms with Crippen LogP contribution in [0.15, 0.2) is 53.2 Å². The fraction of sp³-hybridized carbons (Fsp3) is 0.417. The van der Waals surface area contributed by atoms with Crippen LogP contribution >= 0.6 is 0 Å². The molecule has 1 aromatic heterocycles. The summed E-state index contributed by atoms with van der Waals surface area (Å²) in [7, 11) is 0. The molecule has 1 aromatic carbocycles. The Hall–Kier alpha value is -2.90. The zero-order chi connectivity index (χ0) is 21.9. The summed E-state index contributed by atoms with van der Waals surface area (Å²) in [5.41, 5.74) is 2.39. The van der Waals surface area contributed by atoms with E-state index >= 15 is 0 Å². The Morgan fingerprint density at radius 3 is 2.45 bits per heavy atom. The van der Waals surface area contributed by atoms with Crippen molar-refractivity contribution in [2.45, 2.75) is 26.4 Å². The van der Waals surface area contributed by atoms with Crippen LogP contribution in [0, 0.1) is 0 Å². The van der Waals surface area contributed by atoms with Crippen molar-refractivity contribution in [1.29, 1.82) is 0 Å². The van der Waals surface area contributed by atoms with Gasteiger partial charge in [-0.05, 0) is 35.9 Å². The number of hydrogen-bond acceptors (Lipinski definition) is 5. The molecule has 1 aliphatic rings. The van der Waals surface area contributed by atoms with Crippen molar-refractivity contribution in [3.05, 3.63) is 65.6 Å². The molecule has 0 atom stereocenters. The maximum absolute atomic E-state index is 12.2. The molecule has 2 heterocycles. The van der Waals surface area contributed by atoms with Crippen LogP contribution in [0.3, 0.4) is 0 Å². The van der Waals surface area contributed by atoms with Crippen LogP contribution in [-0.4, -0.2) is 60.9 Å². The molecule has 0 saturated carbocycles. The highest BCUT2D eigenvalue weighted by Crippen LogP contribution is 2.13. The number of nitrogens with zero attached hydrogens (tertiary/aromatic N) is 2. The molecule has 166 valence electrons. The van der Waals surface area contributed by atoms with E-state index in [0.29, 0.717) is 12.3 Å². The number of rotatable bonds is 10. The Morgan fingerprint density at radius 1 is 1.00 bits per heavy atom. The Bertz CT molecular complexity index is 855. The normalized spacial score (nSPS) is 15.3. The number of furan rings is 1. The van der Waals surface area contributed by atoms with Gasteiger partial charge in [-0.3, -0.25) is 14.5 Å². The molecule has 2 amide bonds. The van der Waals surface area contributed by atoms with Crippen LogP contribution < -0.4 is 10.6 Å². The molecule has 0 unspecified atom stereocenters. The van der Waals surface area contributed by atoms with Gasteiger partial charge in [0.1, 0.15) is 5.76 Å². The molecule has 31 heavy (non-hydrogen) atoms. The summed E-state index contributed by atoms with van der Waals surface area (Å²) in [6, 6.07) is 11.8. The van der Waals surface area contributed by atoms with E-state index in [1.807, 2.05) is 6.07 Å². The molecule has 0 spiro atoms. The van der Waals surface area contributed by atoms with E-state index in [-0.39, 0.29) is 24.8 Å².